The molecule has 23 heavy (non-hydrogen) atoms. The van der Waals surface area contributed by atoms with Gasteiger partial charge in [0.25, 0.3) is 11.1 Å². The predicted octanol–water partition coefficient (Wildman–Crippen LogP) is 2.54. The highest BCUT2D eigenvalue weighted by atomic mass is 79.9. The van der Waals surface area contributed by atoms with Crippen LogP contribution in [0.3, 0.4) is 0 Å². The number of carbonyl (C=O) groups is 3. The van der Waals surface area contributed by atoms with E-state index in [9.17, 15) is 14.4 Å². The number of carbonyl (C=O) groups excluding carboxylic acids is 3. The molecule has 2 N–H and O–H groups in total. The number of primary amides is 1. The Morgan fingerprint density at radius 1 is 1.43 bits per heavy atom. The van der Waals surface area contributed by atoms with Crippen LogP contribution in [0.25, 0.3) is 6.08 Å². The van der Waals surface area contributed by atoms with Crippen molar-refractivity contribution in [1.82, 2.24) is 4.90 Å². The van der Waals surface area contributed by atoms with Gasteiger partial charge in [-0.15, -0.1) is 0 Å². The highest BCUT2D eigenvalue weighted by Gasteiger charge is 2.36. The maximum Gasteiger partial charge on any atom is 0.294 e. The molecular weight excluding hydrogens is 384 g/mol. The van der Waals surface area contributed by atoms with Gasteiger partial charge < -0.3 is 10.5 Å². The maximum atomic E-state index is 12.2. The smallest absolute Gasteiger partial charge is 0.294 e. The monoisotopic (exact) mass is 396 g/mol. The molecular formula is C15H13BrN2O4S. The number of nitrogens with zero attached hydrogens (tertiary/aromatic N) is 1. The zero-order chi connectivity index (χ0) is 17.0. The fourth-order valence-corrected chi connectivity index (χ4v) is 3.05. The van der Waals surface area contributed by atoms with E-state index >= 15 is 0 Å². The average Bonchev–Trinajstić information content (AvgIpc) is 2.74. The van der Waals surface area contributed by atoms with Crippen molar-refractivity contribution in [1.29, 1.82) is 0 Å². The second kappa shape index (κ2) is 7.47. The zero-order valence-electron chi connectivity index (χ0n) is 12.0. The van der Waals surface area contributed by atoms with Crippen LogP contribution in [0.1, 0.15) is 5.56 Å². The SMILES string of the molecule is C=CCOc1ccc(Br)cc1/C=C1\SC(=O)N(CC(N)=O)C1=O. The third-order valence-corrected chi connectivity index (χ3v) is 4.20. The van der Waals surface area contributed by atoms with E-state index < -0.39 is 23.6 Å². The standard InChI is InChI=1S/C15H13BrN2O4S/c1-2-5-22-11-4-3-10(16)6-9(11)7-12-14(20)18(8-13(17)19)15(21)23-12/h2-4,6-7H,1,5,8H2,(H2,17,19)/b12-7-. The molecule has 2 rings (SSSR count). The summed E-state index contributed by atoms with van der Waals surface area (Å²) in [4.78, 5) is 36.0. The van der Waals surface area contributed by atoms with Crippen LogP contribution in [-0.2, 0) is 9.59 Å². The minimum Gasteiger partial charge on any atom is -0.489 e. The highest BCUT2D eigenvalue weighted by Crippen LogP contribution is 2.34. The molecule has 120 valence electrons. The molecule has 0 atom stereocenters. The van der Waals surface area contributed by atoms with E-state index in [-0.39, 0.29) is 4.91 Å². The van der Waals surface area contributed by atoms with Crippen LogP contribution in [0, 0.1) is 0 Å². The number of imide groups is 1. The number of ether oxygens (including phenoxy) is 1. The van der Waals surface area contributed by atoms with Crippen LogP contribution < -0.4 is 10.5 Å². The first kappa shape index (κ1) is 17.3. The first-order valence-corrected chi connectivity index (χ1v) is 8.10. The van der Waals surface area contributed by atoms with Gasteiger partial charge in [-0.25, -0.2) is 0 Å². The van der Waals surface area contributed by atoms with Crippen LogP contribution in [0.5, 0.6) is 5.75 Å². The summed E-state index contributed by atoms with van der Waals surface area (Å²) in [5.74, 6) is -0.741. The second-order valence-corrected chi connectivity index (χ2v) is 6.42. The van der Waals surface area contributed by atoms with Crippen molar-refractivity contribution in [3.8, 4) is 5.75 Å². The first-order valence-electron chi connectivity index (χ1n) is 6.49. The summed E-state index contributed by atoms with van der Waals surface area (Å²) in [6.45, 7) is 3.46. The number of benzene rings is 1. The van der Waals surface area contributed by atoms with E-state index in [4.69, 9.17) is 10.5 Å². The Kier molecular flexibility index (Phi) is 5.62. The molecule has 0 spiro atoms. The number of amides is 3. The molecule has 1 aromatic carbocycles. The Morgan fingerprint density at radius 2 is 2.17 bits per heavy atom. The van der Waals surface area contributed by atoms with Gasteiger partial charge in [0.15, 0.2) is 0 Å². The number of nitrogens with two attached hydrogens (primary N) is 1. The van der Waals surface area contributed by atoms with E-state index in [1.165, 1.54) is 0 Å². The lowest BCUT2D eigenvalue weighted by Crippen LogP contribution is -2.36. The van der Waals surface area contributed by atoms with Gasteiger partial charge in [0.1, 0.15) is 18.9 Å². The fourth-order valence-electron chi connectivity index (χ4n) is 1.85. The first-order chi connectivity index (χ1) is 10.9. The van der Waals surface area contributed by atoms with Crippen molar-refractivity contribution < 1.29 is 19.1 Å². The van der Waals surface area contributed by atoms with Crippen LogP contribution >= 0.6 is 27.7 Å². The van der Waals surface area contributed by atoms with E-state index in [1.807, 2.05) is 0 Å². The molecule has 8 heteroatoms. The number of hydrogen-bond donors (Lipinski definition) is 1. The highest BCUT2D eigenvalue weighted by molar-refractivity contribution is 9.10. The average molecular weight is 397 g/mol. The zero-order valence-corrected chi connectivity index (χ0v) is 14.4. The van der Waals surface area contributed by atoms with Crippen molar-refractivity contribution in [3.63, 3.8) is 0 Å². The van der Waals surface area contributed by atoms with Gasteiger partial charge in [-0.05, 0) is 36.0 Å². The summed E-state index contributed by atoms with van der Waals surface area (Å²) in [7, 11) is 0. The van der Waals surface area contributed by atoms with Crippen molar-refractivity contribution in [3.05, 3.63) is 45.8 Å². The van der Waals surface area contributed by atoms with Gasteiger partial charge in [0.05, 0.1) is 4.91 Å². The Balaban J connectivity index is 2.33. The van der Waals surface area contributed by atoms with Crippen molar-refractivity contribution in [2.45, 2.75) is 0 Å². The van der Waals surface area contributed by atoms with Gasteiger partial charge in [0.2, 0.25) is 5.91 Å². The normalized spacial score (nSPS) is 16.0. The molecule has 0 saturated carbocycles. The van der Waals surface area contributed by atoms with E-state index in [0.717, 1.165) is 21.1 Å². The molecule has 1 heterocycles. The molecule has 0 aromatic heterocycles. The molecule has 0 aliphatic carbocycles. The lowest BCUT2D eigenvalue weighted by molar-refractivity contribution is -0.127. The molecule has 1 aliphatic heterocycles. The molecule has 0 radical (unpaired) electrons. The van der Waals surface area contributed by atoms with E-state index in [0.29, 0.717) is 17.9 Å². The molecule has 3 amide bonds. The molecule has 6 nitrogen and oxygen atoms in total. The lowest BCUT2D eigenvalue weighted by atomic mass is 10.2. The topological polar surface area (TPSA) is 89.7 Å². The minimum absolute atomic E-state index is 0.206. The van der Waals surface area contributed by atoms with Crippen LogP contribution in [0.15, 0.2) is 40.2 Å². The number of thioether (sulfide) groups is 1. The molecule has 1 aliphatic rings. The van der Waals surface area contributed by atoms with Gasteiger partial charge in [-0.1, -0.05) is 28.6 Å². The predicted molar refractivity (Wildman–Crippen MR) is 91.7 cm³/mol. The summed E-state index contributed by atoms with van der Waals surface area (Å²) in [5.41, 5.74) is 5.67. The molecule has 0 bridgehead atoms. The molecule has 1 fully saturated rings. The Morgan fingerprint density at radius 3 is 2.83 bits per heavy atom. The Hall–Kier alpha value is -2.06. The Labute approximate surface area is 145 Å². The third kappa shape index (κ3) is 4.23. The summed E-state index contributed by atoms with van der Waals surface area (Å²) in [5, 5.41) is -0.524. The van der Waals surface area contributed by atoms with Gasteiger partial charge in [0, 0.05) is 10.0 Å². The summed E-state index contributed by atoms with van der Waals surface area (Å²) >= 11 is 4.11. The molecule has 1 saturated heterocycles. The van der Waals surface area contributed by atoms with Crippen molar-refractivity contribution >= 4 is 50.8 Å². The largest absolute Gasteiger partial charge is 0.489 e. The van der Waals surface area contributed by atoms with Crippen LogP contribution in [-0.4, -0.2) is 35.1 Å². The summed E-state index contributed by atoms with van der Waals surface area (Å²) in [6, 6.07) is 5.31. The quantitative estimate of drug-likeness (QED) is 0.589. The summed E-state index contributed by atoms with van der Waals surface area (Å²) in [6.07, 6.45) is 3.15. The van der Waals surface area contributed by atoms with Crippen LogP contribution in [0.2, 0.25) is 0 Å². The minimum atomic E-state index is -0.744. The second-order valence-electron chi connectivity index (χ2n) is 4.52. The number of rotatable bonds is 6. The van der Waals surface area contributed by atoms with Gasteiger partial charge in [-0.2, -0.15) is 0 Å². The van der Waals surface area contributed by atoms with Gasteiger partial charge in [-0.3, -0.25) is 19.3 Å². The molecule has 1 aromatic rings. The lowest BCUT2D eigenvalue weighted by Gasteiger charge is -2.09. The third-order valence-electron chi connectivity index (χ3n) is 2.80. The van der Waals surface area contributed by atoms with Crippen molar-refractivity contribution in [2.24, 2.45) is 5.73 Å². The Bertz CT molecular complexity index is 717. The summed E-state index contributed by atoms with van der Waals surface area (Å²) < 4.78 is 6.33. The fraction of sp³-hybridized carbons (Fsp3) is 0.133. The van der Waals surface area contributed by atoms with Gasteiger partial charge >= 0.3 is 0 Å². The van der Waals surface area contributed by atoms with E-state index in [1.54, 1.807) is 30.4 Å². The maximum absolute atomic E-state index is 12.2. The molecule has 0 unspecified atom stereocenters. The van der Waals surface area contributed by atoms with Crippen molar-refractivity contribution in [2.75, 3.05) is 13.2 Å². The van der Waals surface area contributed by atoms with Crippen LogP contribution in [0.4, 0.5) is 4.79 Å². The van der Waals surface area contributed by atoms with E-state index in [2.05, 4.69) is 22.5 Å². The number of halogens is 1. The number of hydrogen-bond acceptors (Lipinski definition) is 5.